The first kappa shape index (κ1) is 13.0. The van der Waals surface area contributed by atoms with Gasteiger partial charge >= 0.3 is 0 Å². The third-order valence-corrected chi connectivity index (χ3v) is 2.49. The molecule has 0 spiro atoms. The van der Waals surface area contributed by atoms with Crippen LogP contribution < -0.4 is 0 Å². The topological polar surface area (TPSA) is 81.0 Å². The van der Waals surface area contributed by atoms with E-state index >= 15 is 0 Å². The van der Waals surface area contributed by atoms with Crippen molar-refractivity contribution in [3.63, 3.8) is 0 Å². The highest BCUT2D eigenvalue weighted by Gasteiger charge is 2.11. The number of furan rings is 1. The lowest BCUT2D eigenvalue weighted by molar-refractivity contribution is -0.384. The second-order valence-electron chi connectivity index (χ2n) is 3.47. The van der Waals surface area contributed by atoms with Crippen LogP contribution in [0, 0.1) is 10.1 Å². The summed E-state index contributed by atoms with van der Waals surface area (Å²) in [6.07, 6.45) is 4.34. The number of benzene rings is 1. The third-order valence-electron chi connectivity index (χ3n) is 2.17. The molecule has 0 saturated carbocycles. The molecule has 96 valence electrons. The van der Waals surface area contributed by atoms with Gasteiger partial charge in [-0.15, -0.1) is 0 Å². The smallest absolute Gasteiger partial charge is 0.288 e. The molecule has 0 saturated heterocycles. The van der Waals surface area contributed by atoms with Crippen LogP contribution in [0.3, 0.4) is 0 Å². The van der Waals surface area contributed by atoms with Gasteiger partial charge in [-0.05, 0) is 18.2 Å². The molecule has 6 nitrogen and oxygen atoms in total. The van der Waals surface area contributed by atoms with E-state index < -0.39 is 4.92 Å². The van der Waals surface area contributed by atoms with Gasteiger partial charge in [-0.3, -0.25) is 10.1 Å². The summed E-state index contributed by atoms with van der Waals surface area (Å²) < 4.78 is 5.02. The van der Waals surface area contributed by atoms with Gasteiger partial charge in [0.1, 0.15) is 10.8 Å². The Hall–Kier alpha value is -2.47. The Kier molecular flexibility index (Phi) is 4.04. The van der Waals surface area contributed by atoms with Crippen LogP contribution in [0.2, 0.25) is 5.02 Å². The van der Waals surface area contributed by atoms with E-state index in [1.807, 2.05) is 0 Å². The molecule has 0 unspecified atom stereocenters. The van der Waals surface area contributed by atoms with Crippen molar-refractivity contribution in [2.45, 2.75) is 0 Å². The second-order valence-corrected chi connectivity index (χ2v) is 3.88. The molecular formula is C12H8ClN3O3. The summed E-state index contributed by atoms with van der Waals surface area (Å²) in [4.78, 5) is 10.1. The molecule has 0 radical (unpaired) electrons. The van der Waals surface area contributed by atoms with E-state index in [2.05, 4.69) is 10.2 Å². The minimum atomic E-state index is -0.550. The minimum absolute atomic E-state index is 0.0845. The van der Waals surface area contributed by atoms with Crippen molar-refractivity contribution < 1.29 is 9.34 Å². The predicted octanol–water partition coefficient (Wildman–Crippen LogP) is 3.29. The summed E-state index contributed by atoms with van der Waals surface area (Å²) in [7, 11) is 0. The average molecular weight is 278 g/mol. The standard InChI is InChI=1S/C12H8ClN3O3/c13-11-4-3-9(6-12(11)16(17)18)7-14-15-8-10-2-1-5-19-10/h1-8H/b14-7-,15-8-. The number of nitro benzene ring substituents is 1. The van der Waals surface area contributed by atoms with E-state index in [1.54, 1.807) is 18.2 Å². The lowest BCUT2D eigenvalue weighted by Crippen LogP contribution is -1.91. The maximum absolute atomic E-state index is 10.7. The molecular weight excluding hydrogens is 270 g/mol. The van der Waals surface area contributed by atoms with Crippen molar-refractivity contribution in [1.29, 1.82) is 0 Å². The summed E-state index contributed by atoms with van der Waals surface area (Å²) >= 11 is 5.69. The Labute approximate surface area is 113 Å². The molecule has 0 aliphatic carbocycles. The third kappa shape index (κ3) is 3.49. The first-order valence-corrected chi connectivity index (χ1v) is 5.58. The fourth-order valence-corrected chi connectivity index (χ4v) is 1.49. The Morgan fingerprint density at radius 3 is 2.74 bits per heavy atom. The largest absolute Gasteiger partial charge is 0.463 e. The monoisotopic (exact) mass is 277 g/mol. The molecule has 0 aliphatic heterocycles. The van der Waals surface area contributed by atoms with E-state index in [1.165, 1.54) is 30.8 Å². The van der Waals surface area contributed by atoms with Crippen LogP contribution in [0.25, 0.3) is 0 Å². The van der Waals surface area contributed by atoms with Gasteiger partial charge in [0.2, 0.25) is 0 Å². The van der Waals surface area contributed by atoms with Crippen LogP contribution in [0.5, 0.6) is 0 Å². The highest BCUT2D eigenvalue weighted by atomic mass is 35.5. The lowest BCUT2D eigenvalue weighted by Gasteiger charge is -1.95. The zero-order valence-corrected chi connectivity index (χ0v) is 10.3. The molecule has 0 N–H and O–H groups in total. The molecule has 1 aromatic carbocycles. The van der Waals surface area contributed by atoms with Crippen LogP contribution >= 0.6 is 11.6 Å². The van der Waals surface area contributed by atoms with Crippen LogP contribution in [0.1, 0.15) is 11.3 Å². The van der Waals surface area contributed by atoms with Crippen LogP contribution in [0.15, 0.2) is 51.2 Å². The van der Waals surface area contributed by atoms with Gasteiger partial charge in [-0.1, -0.05) is 17.7 Å². The number of nitrogens with zero attached hydrogens (tertiary/aromatic N) is 3. The minimum Gasteiger partial charge on any atom is -0.463 e. The molecule has 2 rings (SSSR count). The Balaban J connectivity index is 2.11. The number of halogens is 1. The van der Waals surface area contributed by atoms with Crippen LogP contribution in [0.4, 0.5) is 5.69 Å². The van der Waals surface area contributed by atoms with Gasteiger partial charge in [0.25, 0.3) is 5.69 Å². The first-order chi connectivity index (χ1) is 9.16. The molecule has 0 bridgehead atoms. The van der Waals surface area contributed by atoms with E-state index in [4.69, 9.17) is 16.0 Å². The van der Waals surface area contributed by atoms with Gasteiger partial charge in [0.05, 0.1) is 23.6 Å². The number of hydrogen-bond donors (Lipinski definition) is 0. The Morgan fingerprint density at radius 2 is 2.05 bits per heavy atom. The number of rotatable bonds is 4. The summed E-state index contributed by atoms with van der Waals surface area (Å²) in [6, 6.07) is 7.84. The second kappa shape index (κ2) is 5.92. The summed E-state index contributed by atoms with van der Waals surface area (Å²) in [5.74, 6) is 0.569. The SMILES string of the molecule is O=[N+]([O-])c1cc(/C=N\N=C/c2ccco2)ccc1Cl. The van der Waals surface area contributed by atoms with Crippen LogP contribution in [-0.2, 0) is 0 Å². The number of hydrogen-bond acceptors (Lipinski definition) is 5. The molecule has 2 aromatic rings. The van der Waals surface area contributed by atoms with Gasteiger partial charge < -0.3 is 4.42 Å². The first-order valence-electron chi connectivity index (χ1n) is 5.20. The Morgan fingerprint density at radius 1 is 1.26 bits per heavy atom. The zero-order chi connectivity index (χ0) is 13.7. The Bertz CT molecular complexity index is 636. The van der Waals surface area contributed by atoms with Crippen LogP contribution in [-0.4, -0.2) is 17.4 Å². The maximum atomic E-state index is 10.7. The van der Waals surface area contributed by atoms with Crippen molar-refractivity contribution in [3.8, 4) is 0 Å². The van der Waals surface area contributed by atoms with Crippen molar-refractivity contribution in [3.05, 3.63) is 63.1 Å². The molecule has 0 atom stereocenters. The van der Waals surface area contributed by atoms with Gasteiger partial charge in [0, 0.05) is 11.6 Å². The molecule has 19 heavy (non-hydrogen) atoms. The molecule has 0 fully saturated rings. The summed E-state index contributed by atoms with van der Waals surface area (Å²) in [5, 5.41) is 18.3. The van der Waals surface area contributed by atoms with Gasteiger partial charge in [-0.25, -0.2) is 0 Å². The molecule has 1 aromatic heterocycles. The average Bonchev–Trinajstić information content (AvgIpc) is 2.89. The molecule has 0 aliphatic rings. The van der Waals surface area contributed by atoms with Crippen molar-refractivity contribution in [1.82, 2.24) is 0 Å². The summed E-state index contributed by atoms with van der Waals surface area (Å²) in [6.45, 7) is 0. The highest BCUT2D eigenvalue weighted by molar-refractivity contribution is 6.32. The van der Waals surface area contributed by atoms with E-state index in [-0.39, 0.29) is 10.7 Å². The zero-order valence-electron chi connectivity index (χ0n) is 9.56. The van der Waals surface area contributed by atoms with Crippen molar-refractivity contribution in [2.24, 2.45) is 10.2 Å². The predicted molar refractivity (Wildman–Crippen MR) is 72.0 cm³/mol. The van der Waals surface area contributed by atoms with Crippen molar-refractivity contribution in [2.75, 3.05) is 0 Å². The lowest BCUT2D eigenvalue weighted by atomic mass is 10.2. The van der Waals surface area contributed by atoms with E-state index in [9.17, 15) is 10.1 Å². The van der Waals surface area contributed by atoms with Crippen molar-refractivity contribution >= 4 is 29.7 Å². The molecule has 0 amide bonds. The normalized spacial score (nSPS) is 11.4. The highest BCUT2D eigenvalue weighted by Crippen LogP contribution is 2.24. The fourth-order valence-electron chi connectivity index (χ4n) is 1.30. The fraction of sp³-hybridized carbons (Fsp3) is 0. The maximum Gasteiger partial charge on any atom is 0.288 e. The molecule has 1 heterocycles. The summed E-state index contributed by atoms with van der Waals surface area (Å²) in [5.41, 5.74) is 0.369. The quantitative estimate of drug-likeness (QED) is 0.488. The molecule has 7 heteroatoms. The van der Waals surface area contributed by atoms with Gasteiger partial charge in [-0.2, -0.15) is 10.2 Å². The van der Waals surface area contributed by atoms with E-state index in [0.717, 1.165) is 0 Å². The van der Waals surface area contributed by atoms with Gasteiger partial charge in [0.15, 0.2) is 0 Å². The number of nitro groups is 1. The van der Waals surface area contributed by atoms with E-state index in [0.29, 0.717) is 11.3 Å².